The monoisotopic (exact) mass is 468 g/mol. The molecule has 13 heteroatoms. The SMILES string of the molecule is CCN(C[C@H]1O[C@@H](n2cnc3c(N)ncnc32)[C@H](O)[C@@H]1O)S(=O)(=O)c1cccc(Cl)c1. The number of rotatable bonds is 6. The van der Waals surface area contributed by atoms with Crippen molar-refractivity contribution in [2.24, 2.45) is 0 Å². The Balaban J connectivity index is 1.59. The van der Waals surface area contributed by atoms with Crippen molar-refractivity contribution in [3.63, 3.8) is 0 Å². The van der Waals surface area contributed by atoms with Crippen LogP contribution in [0.1, 0.15) is 13.2 Å². The summed E-state index contributed by atoms with van der Waals surface area (Å²) in [6, 6.07) is 5.91. The van der Waals surface area contributed by atoms with Gasteiger partial charge in [-0.15, -0.1) is 0 Å². The average molecular weight is 469 g/mol. The maximum atomic E-state index is 13.0. The summed E-state index contributed by atoms with van der Waals surface area (Å²) in [6.45, 7) is 1.62. The number of nitrogens with zero attached hydrogens (tertiary/aromatic N) is 5. The molecule has 1 aliphatic heterocycles. The molecule has 1 saturated heterocycles. The van der Waals surface area contributed by atoms with Crippen LogP contribution in [0.3, 0.4) is 0 Å². The zero-order chi connectivity index (χ0) is 22.3. The minimum absolute atomic E-state index is 0.0271. The largest absolute Gasteiger partial charge is 0.387 e. The standard InChI is InChI=1S/C18H21ClN6O5S/c1-2-24(31(28,29)11-5-3-4-10(19)6-11)7-12-14(26)15(27)18(30-12)25-9-23-13-16(20)21-8-22-17(13)25/h3-6,8-9,12,14-15,18,26-27H,2,7H2,1H3,(H2,20,21,22)/t12-,14-,15-,18-/m1/s1. The van der Waals surface area contributed by atoms with E-state index < -0.39 is 34.6 Å². The van der Waals surface area contributed by atoms with E-state index in [1.54, 1.807) is 19.1 Å². The summed E-state index contributed by atoms with van der Waals surface area (Å²) in [5, 5.41) is 21.4. The Labute approximate surface area is 183 Å². The summed E-state index contributed by atoms with van der Waals surface area (Å²) in [7, 11) is -3.89. The maximum Gasteiger partial charge on any atom is 0.243 e. The molecule has 2 aromatic heterocycles. The first-order valence-electron chi connectivity index (χ1n) is 9.44. The molecule has 166 valence electrons. The number of benzene rings is 1. The highest BCUT2D eigenvalue weighted by Crippen LogP contribution is 2.33. The van der Waals surface area contributed by atoms with Crippen molar-refractivity contribution in [2.45, 2.75) is 36.4 Å². The number of hydrogen-bond donors (Lipinski definition) is 3. The van der Waals surface area contributed by atoms with Gasteiger partial charge in [0.25, 0.3) is 0 Å². The van der Waals surface area contributed by atoms with Gasteiger partial charge in [-0.3, -0.25) is 4.57 Å². The second kappa shape index (κ2) is 8.30. The number of sulfonamides is 1. The molecule has 0 unspecified atom stereocenters. The number of hydrogen-bond acceptors (Lipinski definition) is 9. The maximum absolute atomic E-state index is 13.0. The van der Waals surface area contributed by atoms with Crippen molar-refractivity contribution >= 4 is 38.6 Å². The van der Waals surface area contributed by atoms with Gasteiger partial charge in [-0.25, -0.2) is 23.4 Å². The summed E-state index contributed by atoms with van der Waals surface area (Å²) < 4.78 is 34.5. The van der Waals surface area contributed by atoms with E-state index in [1.165, 1.54) is 29.4 Å². The van der Waals surface area contributed by atoms with E-state index in [0.29, 0.717) is 11.2 Å². The summed E-state index contributed by atoms with van der Waals surface area (Å²) in [4.78, 5) is 12.1. The van der Waals surface area contributed by atoms with Crippen LogP contribution in [-0.2, 0) is 14.8 Å². The number of nitrogens with two attached hydrogens (primary N) is 1. The Kier molecular flexibility index (Phi) is 5.85. The van der Waals surface area contributed by atoms with E-state index >= 15 is 0 Å². The van der Waals surface area contributed by atoms with Crippen molar-refractivity contribution in [3.8, 4) is 0 Å². The highest BCUT2D eigenvalue weighted by molar-refractivity contribution is 7.89. The summed E-state index contributed by atoms with van der Waals surface area (Å²) in [5.74, 6) is 0.165. The number of fused-ring (bicyclic) bond motifs is 1. The Bertz CT molecular complexity index is 1210. The first kappa shape index (κ1) is 21.9. The quantitative estimate of drug-likeness (QED) is 0.465. The molecule has 1 aliphatic rings. The molecule has 0 bridgehead atoms. The molecule has 1 fully saturated rings. The lowest BCUT2D eigenvalue weighted by Gasteiger charge is -2.25. The lowest BCUT2D eigenvalue weighted by molar-refractivity contribution is -0.0384. The Morgan fingerprint density at radius 3 is 2.74 bits per heavy atom. The third-order valence-electron chi connectivity index (χ3n) is 5.17. The number of nitrogen functional groups attached to an aromatic ring is 1. The smallest absolute Gasteiger partial charge is 0.243 e. The molecule has 11 nitrogen and oxygen atoms in total. The van der Waals surface area contributed by atoms with Crippen LogP contribution in [0, 0.1) is 0 Å². The molecular weight excluding hydrogens is 448 g/mol. The molecule has 0 spiro atoms. The van der Waals surface area contributed by atoms with Crippen molar-refractivity contribution in [2.75, 3.05) is 18.8 Å². The van der Waals surface area contributed by atoms with Crippen LogP contribution in [-0.4, -0.2) is 73.9 Å². The molecule has 0 aliphatic carbocycles. The van der Waals surface area contributed by atoms with Crippen molar-refractivity contribution in [3.05, 3.63) is 41.9 Å². The normalized spacial score (nSPS) is 24.3. The van der Waals surface area contributed by atoms with Crippen LogP contribution in [0.2, 0.25) is 5.02 Å². The third kappa shape index (κ3) is 3.86. The molecule has 4 N–H and O–H groups in total. The second-order valence-electron chi connectivity index (χ2n) is 7.04. The van der Waals surface area contributed by atoms with Gasteiger partial charge in [0.05, 0.1) is 11.2 Å². The summed E-state index contributed by atoms with van der Waals surface area (Å²) >= 11 is 5.94. The predicted molar refractivity (Wildman–Crippen MR) is 112 cm³/mol. The zero-order valence-corrected chi connectivity index (χ0v) is 18.0. The molecule has 4 atom stereocenters. The van der Waals surface area contributed by atoms with Crippen LogP contribution in [0.15, 0.2) is 41.8 Å². The van der Waals surface area contributed by atoms with Crippen molar-refractivity contribution in [1.29, 1.82) is 0 Å². The van der Waals surface area contributed by atoms with Gasteiger partial charge in [0, 0.05) is 18.1 Å². The molecule has 0 saturated carbocycles. The van der Waals surface area contributed by atoms with E-state index in [1.807, 2.05) is 0 Å². The van der Waals surface area contributed by atoms with Gasteiger partial charge < -0.3 is 20.7 Å². The van der Waals surface area contributed by atoms with Gasteiger partial charge in [-0.1, -0.05) is 24.6 Å². The minimum Gasteiger partial charge on any atom is -0.387 e. The van der Waals surface area contributed by atoms with Crippen LogP contribution >= 0.6 is 11.6 Å². The van der Waals surface area contributed by atoms with E-state index in [9.17, 15) is 18.6 Å². The Morgan fingerprint density at radius 1 is 1.26 bits per heavy atom. The van der Waals surface area contributed by atoms with E-state index in [0.717, 1.165) is 4.31 Å². The number of anilines is 1. The van der Waals surface area contributed by atoms with Gasteiger partial charge >= 0.3 is 0 Å². The van der Waals surface area contributed by atoms with Gasteiger partial charge in [0.15, 0.2) is 17.7 Å². The highest BCUT2D eigenvalue weighted by Gasteiger charge is 2.46. The van der Waals surface area contributed by atoms with Gasteiger partial charge in [0.2, 0.25) is 10.0 Å². The number of aliphatic hydroxyl groups is 2. The molecule has 0 amide bonds. The fourth-order valence-electron chi connectivity index (χ4n) is 3.54. The van der Waals surface area contributed by atoms with E-state index in [2.05, 4.69) is 15.0 Å². The average Bonchev–Trinajstić information content (AvgIpc) is 3.29. The van der Waals surface area contributed by atoms with E-state index in [-0.39, 0.29) is 28.8 Å². The molecule has 3 heterocycles. The van der Waals surface area contributed by atoms with Crippen LogP contribution < -0.4 is 5.73 Å². The predicted octanol–water partition coefficient (Wildman–Crippen LogP) is 0.392. The molecule has 1 aromatic carbocycles. The number of ether oxygens (including phenoxy) is 1. The summed E-state index contributed by atoms with van der Waals surface area (Å²) in [5.41, 5.74) is 6.44. The lowest BCUT2D eigenvalue weighted by Crippen LogP contribution is -2.42. The molecule has 0 radical (unpaired) electrons. The Morgan fingerprint density at radius 2 is 2.03 bits per heavy atom. The van der Waals surface area contributed by atoms with Gasteiger partial charge in [0.1, 0.15) is 30.2 Å². The number of aliphatic hydroxyl groups excluding tert-OH is 2. The molecule has 4 rings (SSSR count). The van der Waals surface area contributed by atoms with Crippen LogP contribution in [0.5, 0.6) is 0 Å². The second-order valence-corrected chi connectivity index (χ2v) is 9.42. The van der Waals surface area contributed by atoms with Gasteiger partial charge in [-0.05, 0) is 18.2 Å². The summed E-state index contributed by atoms with van der Waals surface area (Å²) in [6.07, 6.45) is -2.09. The van der Waals surface area contributed by atoms with Gasteiger partial charge in [-0.2, -0.15) is 4.31 Å². The zero-order valence-electron chi connectivity index (χ0n) is 16.4. The van der Waals surface area contributed by atoms with Crippen molar-refractivity contribution < 1.29 is 23.4 Å². The number of aromatic nitrogens is 4. The fourth-order valence-corrected chi connectivity index (χ4v) is 5.30. The van der Waals surface area contributed by atoms with Crippen LogP contribution in [0.25, 0.3) is 11.2 Å². The van der Waals surface area contributed by atoms with Crippen molar-refractivity contribution in [1.82, 2.24) is 23.8 Å². The fraction of sp³-hybridized carbons (Fsp3) is 0.389. The first-order chi connectivity index (χ1) is 14.7. The number of halogens is 1. The third-order valence-corrected chi connectivity index (χ3v) is 7.34. The lowest BCUT2D eigenvalue weighted by atomic mass is 10.1. The highest BCUT2D eigenvalue weighted by atomic mass is 35.5. The Hall–Kier alpha value is -2.35. The topological polar surface area (TPSA) is 157 Å². The first-order valence-corrected chi connectivity index (χ1v) is 11.3. The van der Waals surface area contributed by atoms with Crippen LogP contribution in [0.4, 0.5) is 5.82 Å². The van der Waals surface area contributed by atoms with E-state index in [4.69, 9.17) is 22.1 Å². The molecule has 3 aromatic rings. The number of imidazole rings is 1. The molecule has 31 heavy (non-hydrogen) atoms. The molecular formula is C18H21ClN6O5S. The number of likely N-dealkylation sites (N-methyl/N-ethyl adjacent to an activating group) is 1. The minimum atomic E-state index is -3.89.